The van der Waals surface area contributed by atoms with E-state index in [1.54, 1.807) is 7.11 Å². The van der Waals surface area contributed by atoms with Crippen LogP contribution in [-0.2, 0) is 11.2 Å². The molecule has 0 bridgehead atoms. The summed E-state index contributed by atoms with van der Waals surface area (Å²) in [5, 5.41) is 6.91. The van der Waals surface area contributed by atoms with Crippen molar-refractivity contribution in [3.05, 3.63) is 11.7 Å². The molecule has 0 aromatic carbocycles. The van der Waals surface area contributed by atoms with Crippen molar-refractivity contribution in [2.24, 2.45) is 10.7 Å². The van der Waals surface area contributed by atoms with Crippen LogP contribution in [0.5, 0.6) is 0 Å². The third-order valence-corrected chi connectivity index (χ3v) is 2.42. The summed E-state index contributed by atoms with van der Waals surface area (Å²) in [4.78, 5) is 8.46. The second-order valence-corrected chi connectivity index (χ2v) is 4.72. The molecule has 7 nitrogen and oxygen atoms in total. The molecule has 20 heavy (non-hydrogen) atoms. The first-order valence-corrected chi connectivity index (χ1v) is 6.40. The van der Waals surface area contributed by atoms with E-state index >= 15 is 0 Å². The molecule has 1 unspecified atom stereocenters. The molecular weight excluding hydrogens is 373 g/mol. The van der Waals surface area contributed by atoms with E-state index in [0.29, 0.717) is 31.4 Å². The van der Waals surface area contributed by atoms with Gasteiger partial charge in [0.2, 0.25) is 5.89 Å². The number of aliphatic imine (C=N–C) groups is 1. The molecule has 0 aliphatic rings. The Hall–Kier alpha value is -0.900. The fourth-order valence-corrected chi connectivity index (χ4v) is 1.47. The molecule has 0 radical (unpaired) electrons. The molecule has 0 aliphatic carbocycles. The predicted octanol–water partition coefficient (Wildman–Crippen LogP) is 1.29. The van der Waals surface area contributed by atoms with E-state index in [-0.39, 0.29) is 35.9 Å². The van der Waals surface area contributed by atoms with Gasteiger partial charge in [-0.1, -0.05) is 19.0 Å². The first-order valence-electron chi connectivity index (χ1n) is 6.40. The third kappa shape index (κ3) is 7.04. The first kappa shape index (κ1) is 19.1. The Labute approximate surface area is 136 Å². The van der Waals surface area contributed by atoms with Crippen molar-refractivity contribution in [1.29, 1.82) is 0 Å². The van der Waals surface area contributed by atoms with Gasteiger partial charge in [-0.25, -0.2) is 0 Å². The number of nitrogens with two attached hydrogens (primary N) is 1. The average molecular weight is 397 g/mol. The largest absolute Gasteiger partial charge is 0.383 e. The SMILES string of the molecule is COCC(C)NC(N)=NCCc1nc(C(C)C)no1.I. The summed E-state index contributed by atoms with van der Waals surface area (Å²) in [6.07, 6.45) is 0.584. The Bertz CT molecular complexity index is 408. The van der Waals surface area contributed by atoms with Crippen LogP contribution in [0.3, 0.4) is 0 Å². The van der Waals surface area contributed by atoms with Crippen LogP contribution in [-0.4, -0.2) is 42.4 Å². The molecule has 116 valence electrons. The summed E-state index contributed by atoms with van der Waals surface area (Å²) in [6, 6.07) is 0.129. The molecule has 0 fully saturated rings. The van der Waals surface area contributed by atoms with Crippen LogP contribution < -0.4 is 11.1 Å². The van der Waals surface area contributed by atoms with Gasteiger partial charge in [0.1, 0.15) is 0 Å². The Morgan fingerprint density at radius 1 is 1.45 bits per heavy atom. The Balaban J connectivity index is 0.00000361. The van der Waals surface area contributed by atoms with Gasteiger partial charge in [-0.3, -0.25) is 4.99 Å². The number of guanidine groups is 1. The van der Waals surface area contributed by atoms with Gasteiger partial charge < -0.3 is 20.3 Å². The van der Waals surface area contributed by atoms with Crippen molar-refractivity contribution in [2.75, 3.05) is 20.3 Å². The van der Waals surface area contributed by atoms with Gasteiger partial charge in [0.05, 0.1) is 13.2 Å². The molecule has 1 rings (SSSR count). The number of ether oxygens (including phenoxy) is 1. The van der Waals surface area contributed by atoms with Crippen LogP contribution in [0.15, 0.2) is 9.52 Å². The smallest absolute Gasteiger partial charge is 0.228 e. The molecule has 0 saturated carbocycles. The van der Waals surface area contributed by atoms with E-state index in [1.807, 2.05) is 20.8 Å². The summed E-state index contributed by atoms with van der Waals surface area (Å²) < 4.78 is 10.1. The quantitative estimate of drug-likeness (QED) is 0.409. The molecular formula is C12H24IN5O2. The number of halogens is 1. The van der Waals surface area contributed by atoms with E-state index in [4.69, 9.17) is 15.0 Å². The van der Waals surface area contributed by atoms with Crippen molar-refractivity contribution in [1.82, 2.24) is 15.5 Å². The zero-order valence-corrected chi connectivity index (χ0v) is 14.8. The van der Waals surface area contributed by atoms with Gasteiger partial charge in [0.15, 0.2) is 11.8 Å². The maximum Gasteiger partial charge on any atom is 0.228 e. The molecule has 1 atom stereocenters. The third-order valence-electron chi connectivity index (χ3n) is 2.42. The summed E-state index contributed by atoms with van der Waals surface area (Å²) in [5.41, 5.74) is 5.74. The van der Waals surface area contributed by atoms with E-state index < -0.39 is 0 Å². The van der Waals surface area contributed by atoms with E-state index in [9.17, 15) is 0 Å². The second-order valence-electron chi connectivity index (χ2n) is 4.72. The molecule has 8 heteroatoms. The molecule has 1 aromatic rings. The van der Waals surface area contributed by atoms with Crippen molar-refractivity contribution in [3.63, 3.8) is 0 Å². The van der Waals surface area contributed by atoms with Gasteiger partial charge in [0.25, 0.3) is 0 Å². The lowest BCUT2D eigenvalue weighted by Gasteiger charge is -2.12. The molecule has 0 amide bonds. The summed E-state index contributed by atoms with van der Waals surface area (Å²) >= 11 is 0. The molecule has 1 heterocycles. The highest BCUT2D eigenvalue weighted by atomic mass is 127. The minimum absolute atomic E-state index is 0. The minimum atomic E-state index is 0. The van der Waals surface area contributed by atoms with Gasteiger partial charge in [0, 0.05) is 25.5 Å². The van der Waals surface area contributed by atoms with Gasteiger partial charge in [-0.2, -0.15) is 4.98 Å². The van der Waals surface area contributed by atoms with Crippen molar-refractivity contribution in [2.45, 2.75) is 39.2 Å². The fourth-order valence-electron chi connectivity index (χ4n) is 1.47. The molecule has 0 aliphatic heterocycles. The van der Waals surface area contributed by atoms with Crippen LogP contribution in [0.25, 0.3) is 0 Å². The number of hydrogen-bond acceptors (Lipinski definition) is 5. The molecule has 1 aromatic heterocycles. The van der Waals surface area contributed by atoms with Gasteiger partial charge >= 0.3 is 0 Å². The lowest BCUT2D eigenvalue weighted by molar-refractivity contribution is 0.179. The maximum absolute atomic E-state index is 5.74. The Morgan fingerprint density at radius 3 is 2.70 bits per heavy atom. The maximum atomic E-state index is 5.74. The van der Waals surface area contributed by atoms with Crippen molar-refractivity contribution < 1.29 is 9.26 Å². The van der Waals surface area contributed by atoms with E-state index in [2.05, 4.69) is 20.4 Å². The van der Waals surface area contributed by atoms with Crippen molar-refractivity contribution >= 4 is 29.9 Å². The molecule has 0 saturated heterocycles. The zero-order chi connectivity index (χ0) is 14.3. The second kappa shape index (κ2) is 9.92. The lowest BCUT2D eigenvalue weighted by Crippen LogP contribution is -2.40. The number of nitrogens with zero attached hydrogens (tertiary/aromatic N) is 3. The van der Waals surface area contributed by atoms with Gasteiger partial charge in [-0.05, 0) is 6.92 Å². The molecule has 3 N–H and O–H groups in total. The highest BCUT2D eigenvalue weighted by molar-refractivity contribution is 14.0. The summed E-state index contributed by atoms with van der Waals surface area (Å²) in [7, 11) is 1.65. The predicted molar refractivity (Wildman–Crippen MR) is 88.5 cm³/mol. The zero-order valence-electron chi connectivity index (χ0n) is 12.4. The average Bonchev–Trinajstić information content (AvgIpc) is 2.78. The van der Waals surface area contributed by atoms with Crippen LogP contribution in [0.2, 0.25) is 0 Å². The van der Waals surface area contributed by atoms with Crippen LogP contribution >= 0.6 is 24.0 Å². The summed E-state index contributed by atoms with van der Waals surface area (Å²) in [6.45, 7) is 7.10. The van der Waals surface area contributed by atoms with Crippen LogP contribution in [0.4, 0.5) is 0 Å². The normalized spacial score (nSPS) is 13.2. The number of aromatic nitrogens is 2. The summed E-state index contributed by atoms with van der Waals surface area (Å²) in [5.74, 6) is 1.97. The highest BCUT2D eigenvalue weighted by Crippen LogP contribution is 2.09. The molecule has 0 spiro atoms. The van der Waals surface area contributed by atoms with E-state index in [0.717, 1.165) is 5.82 Å². The van der Waals surface area contributed by atoms with Crippen LogP contribution in [0.1, 0.15) is 38.4 Å². The van der Waals surface area contributed by atoms with Crippen molar-refractivity contribution in [3.8, 4) is 0 Å². The van der Waals surface area contributed by atoms with Crippen LogP contribution in [0, 0.1) is 0 Å². The topological polar surface area (TPSA) is 98.6 Å². The Morgan fingerprint density at radius 2 is 2.15 bits per heavy atom. The van der Waals surface area contributed by atoms with Gasteiger partial charge in [-0.15, -0.1) is 24.0 Å². The minimum Gasteiger partial charge on any atom is -0.383 e. The number of hydrogen-bond donors (Lipinski definition) is 2. The Kier molecular flexibility index (Phi) is 9.47. The number of methoxy groups -OCH3 is 1. The highest BCUT2D eigenvalue weighted by Gasteiger charge is 2.09. The monoisotopic (exact) mass is 397 g/mol. The number of rotatable bonds is 7. The fraction of sp³-hybridized carbons (Fsp3) is 0.750. The number of nitrogens with one attached hydrogen (secondary N) is 1. The first-order chi connectivity index (χ1) is 9.02. The standard InChI is InChI=1S/C12H23N5O2.HI/c1-8(2)11-16-10(19-17-11)5-6-14-12(13)15-9(3)7-18-4;/h8-9H,5-7H2,1-4H3,(H3,13,14,15);1H. The lowest BCUT2D eigenvalue weighted by atomic mass is 10.2. The van der Waals surface area contributed by atoms with E-state index in [1.165, 1.54) is 0 Å².